The van der Waals surface area contributed by atoms with Crippen LogP contribution in [0.2, 0.25) is 0 Å². The maximum Gasteiger partial charge on any atom is 0.239 e. The normalized spacial score (nSPS) is 15.7. The van der Waals surface area contributed by atoms with Gasteiger partial charge in [-0.2, -0.15) is 5.26 Å². The topological polar surface area (TPSA) is 133 Å². The average molecular weight is 542 g/mol. The summed E-state index contributed by atoms with van der Waals surface area (Å²) in [7, 11) is 1.60. The fourth-order valence-corrected chi connectivity index (χ4v) is 4.92. The van der Waals surface area contributed by atoms with Gasteiger partial charge >= 0.3 is 0 Å². The molecule has 2 N–H and O–H groups in total. The molecule has 0 aliphatic carbocycles. The Morgan fingerprint density at radius 2 is 1.95 bits per heavy atom. The summed E-state index contributed by atoms with van der Waals surface area (Å²) in [6.07, 6.45) is 3.07. The lowest BCUT2D eigenvalue weighted by atomic mass is 10.1. The second-order valence-electron chi connectivity index (χ2n) is 9.69. The first-order chi connectivity index (χ1) is 19.4. The minimum absolute atomic E-state index is 0.0186. The molecule has 0 spiro atoms. The zero-order chi connectivity index (χ0) is 28.1. The standard InChI is InChI=1S/C29H31N7O4/c1-19(37)35-12-8-23(9-13-35)40-26-6-3-20(15-21(26)17-30)24-7-10-32-29(34-24)33-22-4-5-25(27(16-22)39-2)36-14-11-31-28(38)18-36/h3-7,10,15-16,23H,8-9,11-14,18H2,1-2H3,(H,31,38)(H,32,33,34). The van der Waals surface area contributed by atoms with Crippen LogP contribution in [0.25, 0.3) is 11.3 Å². The molecule has 2 saturated heterocycles. The third kappa shape index (κ3) is 6.07. The average Bonchev–Trinajstić information content (AvgIpc) is 2.97. The van der Waals surface area contributed by atoms with Crippen LogP contribution in [0, 0.1) is 11.3 Å². The fraction of sp³-hybridized carbons (Fsp3) is 0.345. The molecule has 2 fully saturated rings. The number of nitrogens with one attached hydrogen (secondary N) is 2. The van der Waals surface area contributed by atoms with Crippen molar-refractivity contribution in [1.82, 2.24) is 20.2 Å². The van der Waals surface area contributed by atoms with Crippen molar-refractivity contribution in [3.05, 3.63) is 54.2 Å². The van der Waals surface area contributed by atoms with Gasteiger partial charge in [0.05, 0.1) is 30.6 Å². The number of likely N-dealkylation sites (tertiary alicyclic amines) is 1. The van der Waals surface area contributed by atoms with Crippen LogP contribution in [-0.2, 0) is 9.59 Å². The van der Waals surface area contributed by atoms with E-state index in [9.17, 15) is 14.9 Å². The van der Waals surface area contributed by atoms with E-state index in [1.54, 1.807) is 38.4 Å². The number of anilines is 3. The summed E-state index contributed by atoms with van der Waals surface area (Å²) in [6, 6.07) is 15.1. The predicted molar refractivity (Wildman–Crippen MR) is 150 cm³/mol. The van der Waals surface area contributed by atoms with E-state index in [2.05, 4.69) is 26.7 Å². The lowest BCUT2D eigenvalue weighted by Crippen LogP contribution is -2.47. The van der Waals surface area contributed by atoms with Crippen LogP contribution >= 0.6 is 0 Å². The van der Waals surface area contributed by atoms with E-state index >= 15 is 0 Å². The number of methoxy groups -OCH3 is 1. The minimum Gasteiger partial charge on any atom is -0.495 e. The van der Waals surface area contributed by atoms with Gasteiger partial charge in [-0.05, 0) is 36.4 Å². The van der Waals surface area contributed by atoms with Crippen LogP contribution in [0.5, 0.6) is 11.5 Å². The molecular weight excluding hydrogens is 510 g/mol. The summed E-state index contributed by atoms with van der Waals surface area (Å²) in [5.41, 5.74) is 3.41. The van der Waals surface area contributed by atoms with Gasteiger partial charge in [-0.25, -0.2) is 9.97 Å². The molecule has 206 valence electrons. The number of ether oxygens (including phenoxy) is 2. The Hall–Kier alpha value is -4.85. The van der Waals surface area contributed by atoms with E-state index < -0.39 is 0 Å². The van der Waals surface area contributed by atoms with Crippen molar-refractivity contribution in [2.45, 2.75) is 25.9 Å². The first-order valence-electron chi connectivity index (χ1n) is 13.2. The van der Waals surface area contributed by atoms with Gasteiger partial charge < -0.3 is 29.9 Å². The van der Waals surface area contributed by atoms with Crippen molar-refractivity contribution in [1.29, 1.82) is 5.26 Å². The molecule has 0 unspecified atom stereocenters. The number of nitriles is 1. The van der Waals surface area contributed by atoms with Crippen molar-refractivity contribution >= 4 is 29.1 Å². The maximum absolute atomic E-state index is 11.8. The van der Waals surface area contributed by atoms with Gasteiger partial charge in [-0.1, -0.05) is 0 Å². The Labute approximate surface area is 232 Å². The summed E-state index contributed by atoms with van der Waals surface area (Å²) in [4.78, 5) is 36.2. The third-order valence-electron chi connectivity index (χ3n) is 7.05. The monoisotopic (exact) mass is 541 g/mol. The van der Waals surface area contributed by atoms with E-state index in [1.165, 1.54) is 0 Å². The van der Waals surface area contributed by atoms with Crippen LogP contribution < -0.4 is 25.0 Å². The molecule has 0 atom stereocenters. The molecule has 2 aliphatic rings. The molecule has 11 nitrogen and oxygen atoms in total. The van der Waals surface area contributed by atoms with Gasteiger partial charge in [0.15, 0.2) is 0 Å². The van der Waals surface area contributed by atoms with Crippen molar-refractivity contribution in [2.24, 2.45) is 0 Å². The highest BCUT2D eigenvalue weighted by Gasteiger charge is 2.23. The Kier molecular flexibility index (Phi) is 7.96. The van der Waals surface area contributed by atoms with Crippen LogP contribution in [0.4, 0.5) is 17.3 Å². The molecule has 1 aromatic heterocycles. The molecule has 40 heavy (non-hydrogen) atoms. The van der Waals surface area contributed by atoms with Crippen molar-refractivity contribution in [3.63, 3.8) is 0 Å². The first-order valence-corrected chi connectivity index (χ1v) is 13.2. The zero-order valence-electron chi connectivity index (χ0n) is 22.5. The van der Waals surface area contributed by atoms with Crippen LogP contribution in [-0.4, -0.2) is 72.6 Å². The molecule has 3 heterocycles. The number of benzene rings is 2. The summed E-state index contributed by atoms with van der Waals surface area (Å²) in [5, 5.41) is 15.8. The number of nitrogens with zero attached hydrogens (tertiary/aromatic N) is 5. The van der Waals surface area contributed by atoms with Crippen molar-refractivity contribution in [3.8, 4) is 28.8 Å². The zero-order valence-corrected chi connectivity index (χ0v) is 22.5. The maximum atomic E-state index is 11.8. The van der Waals surface area contributed by atoms with Crippen molar-refractivity contribution in [2.75, 3.05) is 50.1 Å². The molecule has 0 saturated carbocycles. The Balaban J connectivity index is 1.29. The molecule has 2 aromatic carbocycles. The van der Waals surface area contributed by atoms with Crippen LogP contribution in [0.1, 0.15) is 25.3 Å². The number of piperazine rings is 1. The summed E-state index contributed by atoms with van der Waals surface area (Å²) < 4.78 is 11.7. The predicted octanol–water partition coefficient (Wildman–Crippen LogP) is 3.09. The Bertz CT molecular complexity index is 1450. The lowest BCUT2D eigenvalue weighted by molar-refractivity contribution is -0.130. The number of carbonyl (C=O) groups excluding carboxylic acids is 2. The van der Waals surface area contributed by atoms with Gasteiger partial charge in [0, 0.05) is 69.5 Å². The summed E-state index contributed by atoms with van der Waals surface area (Å²) in [6.45, 7) is 4.45. The Morgan fingerprint density at radius 1 is 1.12 bits per heavy atom. The number of aromatic nitrogens is 2. The fourth-order valence-electron chi connectivity index (χ4n) is 4.92. The highest BCUT2D eigenvalue weighted by atomic mass is 16.5. The number of carbonyl (C=O) groups is 2. The molecule has 2 amide bonds. The highest BCUT2D eigenvalue weighted by Crippen LogP contribution is 2.33. The Morgan fingerprint density at radius 3 is 2.67 bits per heavy atom. The summed E-state index contributed by atoms with van der Waals surface area (Å²) >= 11 is 0. The van der Waals surface area contributed by atoms with E-state index in [0.717, 1.165) is 29.8 Å². The molecule has 3 aromatic rings. The second-order valence-corrected chi connectivity index (χ2v) is 9.69. The van der Waals surface area contributed by atoms with Gasteiger partial charge in [0.1, 0.15) is 23.7 Å². The molecule has 2 aliphatic heterocycles. The van der Waals surface area contributed by atoms with E-state index in [4.69, 9.17) is 9.47 Å². The number of piperidine rings is 1. The second kappa shape index (κ2) is 11.9. The molecule has 11 heteroatoms. The van der Waals surface area contributed by atoms with E-state index in [-0.39, 0.29) is 24.5 Å². The first kappa shape index (κ1) is 26.7. The SMILES string of the molecule is COc1cc(Nc2nccc(-c3ccc(OC4CCN(C(C)=O)CC4)c(C#N)c3)n2)ccc1N1CCNC(=O)C1. The van der Waals surface area contributed by atoms with Gasteiger partial charge in [-0.15, -0.1) is 0 Å². The molecule has 0 bridgehead atoms. The quantitative estimate of drug-likeness (QED) is 0.463. The minimum atomic E-state index is -0.0427. The van der Waals surface area contributed by atoms with E-state index in [1.807, 2.05) is 34.1 Å². The molecular formula is C29H31N7O4. The largest absolute Gasteiger partial charge is 0.495 e. The van der Waals surface area contributed by atoms with Gasteiger partial charge in [0.25, 0.3) is 0 Å². The van der Waals surface area contributed by atoms with E-state index in [0.29, 0.717) is 54.9 Å². The van der Waals surface area contributed by atoms with Gasteiger partial charge in [0.2, 0.25) is 17.8 Å². The number of amides is 2. The third-order valence-corrected chi connectivity index (χ3v) is 7.05. The highest BCUT2D eigenvalue weighted by molar-refractivity contribution is 5.84. The van der Waals surface area contributed by atoms with Crippen molar-refractivity contribution < 1.29 is 19.1 Å². The number of rotatable bonds is 7. The smallest absolute Gasteiger partial charge is 0.239 e. The van der Waals surface area contributed by atoms with Crippen LogP contribution in [0.3, 0.4) is 0 Å². The molecule has 0 radical (unpaired) electrons. The lowest BCUT2D eigenvalue weighted by Gasteiger charge is -2.31. The number of hydrogen-bond donors (Lipinski definition) is 2. The van der Waals surface area contributed by atoms with Crippen LogP contribution in [0.15, 0.2) is 48.7 Å². The van der Waals surface area contributed by atoms with Gasteiger partial charge in [-0.3, -0.25) is 9.59 Å². The molecule has 5 rings (SSSR count). The number of hydrogen-bond acceptors (Lipinski definition) is 9. The summed E-state index contributed by atoms with van der Waals surface area (Å²) in [5.74, 6) is 1.61.